The Morgan fingerprint density at radius 3 is 2.36 bits per heavy atom. The van der Waals surface area contributed by atoms with Crippen LogP contribution in [-0.2, 0) is 4.79 Å². The van der Waals surface area contributed by atoms with E-state index in [2.05, 4.69) is 22.8 Å². The summed E-state index contributed by atoms with van der Waals surface area (Å²) in [6.07, 6.45) is 2.59. The van der Waals surface area contributed by atoms with Crippen LogP contribution in [0.5, 0.6) is 0 Å². The lowest BCUT2D eigenvalue weighted by Gasteiger charge is -2.29. The molecule has 1 aliphatic carbocycles. The normalized spacial score (nSPS) is 19.8. The van der Waals surface area contributed by atoms with E-state index in [0.29, 0.717) is 34.9 Å². The highest BCUT2D eigenvalue weighted by Gasteiger charge is 2.37. The highest BCUT2D eigenvalue weighted by Crippen LogP contribution is 2.43. The molecule has 4 aromatic rings. The van der Waals surface area contributed by atoms with Crippen molar-refractivity contribution in [2.75, 3.05) is 10.6 Å². The lowest BCUT2D eigenvalue weighted by molar-refractivity contribution is -0.116. The molecule has 3 aromatic carbocycles. The fourth-order valence-corrected chi connectivity index (χ4v) is 4.98. The topological polar surface area (TPSA) is 71.3 Å². The molecule has 0 radical (unpaired) electrons. The molecule has 2 N–H and O–H groups in total. The van der Waals surface area contributed by atoms with Gasteiger partial charge in [-0.05, 0) is 42.2 Å². The van der Waals surface area contributed by atoms with E-state index in [1.54, 1.807) is 12.1 Å². The molecule has 0 fully saturated rings. The molecule has 5 heteroatoms. The quantitative estimate of drug-likeness (QED) is 0.419. The van der Waals surface area contributed by atoms with E-state index < -0.39 is 6.04 Å². The Morgan fingerprint density at radius 2 is 1.52 bits per heavy atom. The molecule has 2 aliphatic rings. The van der Waals surface area contributed by atoms with Crippen molar-refractivity contribution in [2.24, 2.45) is 0 Å². The monoisotopic (exact) mass is 434 g/mol. The Labute approximate surface area is 190 Å². The van der Waals surface area contributed by atoms with Crippen LogP contribution in [0.1, 0.15) is 35.9 Å². The second kappa shape index (κ2) is 7.78. The summed E-state index contributed by atoms with van der Waals surface area (Å²) < 4.78 is 5.82. The molecular weight excluding hydrogens is 412 g/mol. The molecule has 6 rings (SSSR count). The molecule has 0 saturated carbocycles. The van der Waals surface area contributed by atoms with Crippen LogP contribution in [0.2, 0.25) is 0 Å². The molecule has 1 aromatic heterocycles. The van der Waals surface area contributed by atoms with Gasteiger partial charge in [0.2, 0.25) is 0 Å². The van der Waals surface area contributed by atoms with Gasteiger partial charge < -0.3 is 15.1 Å². The van der Waals surface area contributed by atoms with E-state index in [1.165, 1.54) is 6.26 Å². The number of carbonyl (C=O) groups excluding carboxylic acids is 1. The zero-order chi connectivity index (χ0) is 22.4. The maximum atomic E-state index is 13.6. The first kappa shape index (κ1) is 19.6. The minimum atomic E-state index is -0.596. The van der Waals surface area contributed by atoms with Crippen LogP contribution in [-0.4, -0.2) is 5.78 Å². The summed E-state index contributed by atoms with van der Waals surface area (Å²) in [5.74, 6) is 0.124. The van der Waals surface area contributed by atoms with Crippen LogP contribution in [0.25, 0.3) is 11.0 Å². The summed E-state index contributed by atoms with van der Waals surface area (Å²) in [7, 11) is 0. The second-order valence-electron chi connectivity index (χ2n) is 8.60. The summed E-state index contributed by atoms with van der Waals surface area (Å²) in [5.41, 5.74) is 5.19. The van der Waals surface area contributed by atoms with Gasteiger partial charge in [-0.15, -0.1) is 0 Å². The molecule has 1 aliphatic heterocycles. The SMILES string of the molecule is O=C1C[C@@H](c2ccccc2)CC2=C1[C@@H](c1coc3ccccc3c1=O)Nc1ccccc1N2. The number of rotatable bonds is 2. The van der Waals surface area contributed by atoms with Crippen molar-refractivity contribution >= 4 is 28.1 Å². The average Bonchev–Trinajstić information content (AvgIpc) is 3.02. The third kappa shape index (κ3) is 3.33. The van der Waals surface area contributed by atoms with Crippen molar-refractivity contribution in [1.29, 1.82) is 0 Å². The minimum absolute atomic E-state index is 0.0375. The standard InChI is InChI=1S/C28H22N2O3/c31-24-15-18(17-8-2-1-3-9-17)14-23-26(24)27(30-22-12-6-5-11-21(22)29-23)20-16-33-25-13-7-4-10-19(25)28(20)32/h1-13,16,18,27,29-30H,14-15H2/t18-,27+/m0/s1. The molecule has 0 amide bonds. The predicted octanol–water partition coefficient (Wildman–Crippen LogP) is 5.77. The molecule has 0 unspecified atom stereocenters. The van der Waals surface area contributed by atoms with Gasteiger partial charge in [-0.3, -0.25) is 9.59 Å². The fourth-order valence-electron chi connectivity index (χ4n) is 4.98. The number of para-hydroxylation sites is 3. The van der Waals surface area contributed by atoms with Crippen molar-refractivity contribution in [1.82, 2.24) is 0 Å². The zero-order valence-electron chi connectivity index (χ0n) is 17.9. The molecule has 33 heavy (non-hydrogen) atoms. The Morgan fingerprint density at radius 1 is 0.788 bits per heavy atom. The molecule has 0 saturated heterocycles. The summed E-state index contributed by atoms with van der Waals surface area (Å²) in [5, 5.41) is 7.49. The molecule has 5 nitrogen and oxygen atoms in total. The molecule has 0 spiro atoms. The zero-order valence-corrected chi connectivity index (χ0v) is 17.9. The van der Waals surface area contributed by atoms with E-state index in [4.69, 9.17) is 4.42 Å². The first-order chi connectivity index (χ1) is 16.2. The third-order valence-electron chi connectivity index (χ3n) is 6.60. The van der Waals surface area contributed by atoms with Gasteiger partial charge in [0.05, 0.1) is 28.4 Å². The number of nitrogens with one attached hydrogen (secondary N) is 2. The molecule has 2 heterocycles. The number of fused-ring (bicyclic) bond motifs is 2. The minimum Gasteiger partial charge on any atom is -0.464 e. The molecular formula is C28H22N2O3. The van der Waals surface area contributed by atoms with E-state index in [0.717, 1.165) is 22.6 Å². The summed E-state index contributed by atoms with van der Waals surface area (Å²) in [4.78, 5) is 27.1. The number of anilines is 2. The Bertz CT molecular complexity index is 1470. The van der Waals surface area contributed by atoms with Crippen molar-refractivity contribution in [3.63, 3.8) is 0 Å². The average molecular weight is 434 g/mol. The number of ketones is 1. The predicted molar refractivity (Wildman–Crippen MR) is 129 cm³/mol. The van der Waals surface area contributed by atoms with E-state index in [1.807, 2.05) is 54.6 Å². The third-order valence-corrected chi connectivity index (χ3v) is 6.60. The van der Waals surface area contributed by atoms with Crippen molar-refractivity contribution in [2.45, 2.75) is 24.8 Å². The summed E-state index contributed by atoms with van der Waals surface area (Å²) in [6, 6.07) is 24.6. The molecule has 2 atom stereocenters. The van der Waals surface area contributed by atoms with Crippen LogP contribution in [0.15, 0.2) is 106 Å². The highest BCUT2D eigenvalue weighted by molar-refractivity contribution is 6.01. The van der Waals surface area contributed by atoms with Gasteiger partial charge >= 0.3 is 0 Å². The van der Waals surface area contributed by atoms with Crippen LogP contribution < -0.4 is 16.1 Å². The van der Waals surface area contributed by atoms with E-state index in [-0.39, 0.29) is 17.1 Å². The van der Waals surface area contributed by atoms with Gasteiger partial charge in [0.25, 0.3) is 0 Å². The van der Waals surface area contributed by atoms with Gasteiger partial charge in [-0.1, -0.05) is 54.6 Å². The number of Topliss-reactive ketones (excluding diaryl/α,β-unsaturated/α-hetero) is 1. The number of hydrogen-bond acceptors (Lipinski definition) is 5. The Balaban J connectivity index is 1.52. The number of benzene rings is 3. The van der Waals surface area contributed by atoms with Crippen molar-refractivity contribution in [3.8, 4) is 0 Å². The van der Waals surface area contributed by atoms with E-state index in [9.17, 15) is 9.59 Å². The summed E-state index contributed by atoms with van der Waals surface area (Å²) >= 11 is 0. The van der Waals surface area contributed by atoms with Gasteiger partial charge in [-0.2, -0.15) is 0 Å². The Kier molecular flexibility index (Phi) is 4.61. The molecule has 0 bridgehead atoms. The maximum absolute atomic E-state index is 13.6. The molecule has 162 valence electrons. The number of carbonyl (C=O) groups is 1. The van der Waals surface area contributed by atoms with Gasteiger partial charge in [0, 0.05) is 17.7 Å². The van der Waals surface area contributed by atoms with Crippen molar-refractivity contribution in [3.05, 3.63) is 118 Å². The number of hydrogen-bond donors (Lipinski definition) is 2. The first-order valence-electron chi connectivity index (χ1n) is 11.1. The van der Waals surface area contributed by atoms with Gasteiger partial charge in [-0.25, -0.2) is 0 Å². The second-order valence-corrected chi connectivity index (χ2v) is 8.60. The first-order valence-corrected chi connectivity index (χ1v) is 11.1. The van der Waals surface area contributed by atoms with Crippen molar-refractivity contribution < 1.29 is 9.21 Å². The van der Waals surface area contributed by atoms with Crippen LogP contribution in [0, 0.1) is 0 Å². The summed E-state index contributed by atoms with van der Waals surface area (Å²) in [6.45, 7) is 0. The number of allylic oxidation sites excluding steroid dienone is 1. The lowest BCUT2D eigenvalue weighted by atomic mass is 9.78. The van der Waals surface area contributed by atoms with Crippen LogP contribution in [0.3, 0.4) is 0 Å². The largest absolute Gasteiger partial charge is 0.464 e. The van der Waals surface area contributed by atoms with Gasteiger partial charge in [0.15, 0.2) is 11.2 Å². The van der Waals surface area contributed by atoms with Gasteiger partial charge in [0.1, 0.15) is 11.8 Å². The smallest absolute Gasteiger partial charge is 0.198 e. The Hall–Kier alpha value is -4.12. The fraction of sp³-hybridized carbons (Fsp3) is 0.143. The lowest BCUT2D eigenvalue weighted by Crippen LogP contribution is -2.29. The maximum Gasteiger partial charge on any atom is 0.198 e. The highest BCUT2D eigenvalue weighted by atomic mass is 16.3. The van der Waals surface area contributed by atoms with Crippen LogP contribution in [0.4, 0.5) is 11.4 Å². The van der Waals surface area contributed by atoms with Crippen LogP contribution >= 0.6 is 0 Å². The van der Waals surface area contributed by atoms with E-state index >= 15 is 0 Å².